The zero-order chi connectivity index (χ0) is 11.4. The van der Waals surface area contributed by atoms with Crippen LogP contribution in [0.5, 0.6) is 0 Å². The second-order valence-corrected chi connectivity index (χ2v) is 5.18. The van der Waals surface area contributed by atoms with Gasteiger partial charge in [0.05, 0.1) is 13.2 Å². The molecule has 0 radical (unpaired) electrons. The van der Waals surface area contributed by atoms with Crippen molar-refractivity contribution in [3.05, 3.63) is 0 Å². The van der Waals surface area contributed by atoms with E-state index < -0.39 is 0 Å². The van der Waals surface area contributed by atoms with Crippen LogP contribution in [0.3, 0.4) is 0 Å². The molecule has 3 nitrogen and oxygen atoms in total. The third-order valence-electron chi connectivity index (χ3n) is 4.23. The lowest BCUT2D eigenvalue weighted by molar-refractivity contribution is -0.142. The summed E-state index contributed by atoms with van der Waals surface area (Å²) in [6.45, 7) is 11.1. The predicted molar refractivity (Wildman–Crippen MR) is 66.7 cm³/mol. The number of hydrogen-bond acceptors (Lipinski definition) is 3. The number of likely N-dealkylation sites (tertiary alicyclic amines) is 1. The van der Waals surface area contributed by atoms with Crippen LogP contribution in [-0.4, -0.2) is 50.3 Å². The maximum atomic E-state index is 5.35. The second-order valence-electron chi connectivity index (χ2n) is 5.18. The van der Waals surface area contributed by atoms with Gasteiger partial charge in [-0.1, -0.05) is 13.8 Å². The van der Waals surface area contributed by atoms with E-state index >= 15 is 0 Å². The van der Waals surface area contributed by atoms with Crippen molar-refractivity contribution < 1.29 is 4.74 Å². The summed E-state index contributed by atoms with van der Waals surface area (Å²) < 4.78 is 5.35. The zero-order valence-corrected chi connectivity index (χ0v) is 10.8. The smallest absolute Gasteiger partial charge is 0.0545 e. The van der Waals surface area contributed by atoms with Crippen molar-refractivity contribution in [1.82, 2.24) is 10.2 Å². The molecule has 0 aromatic rings. The Balaban J connectivity index is 0.000000457. The van der Waals surface area contributed by atoms with E-state index in [9.17, 15) is 0 Å². The molecular formula is C13H26N2O. The summed E-state index contributed by atoms with van der Waals surface area (Å²) in [6, 6.07) is 0.827. The molecule has 0 saturated carbocycles. The van der Waals surface area contributed by atoms with E-state index in [4.69, 9.17) is 4.74 Å². The van der Waals surface area contributed by atoms with E-state index in [1.54, 1.807) is 0 Å². The molecule has 1 spiro atoms. The fraction of sp³-hybridized carbons (Fsp3) is 1.00. The fourth-order valence-electron chi connectivity index (χ4n) is 2.99. The lowest BCUT2D eigenvalue weighted by Gasteiger charge is -2.48. The molecule has 3 rings (SSSR count). The summed E-state index contributed by atoms with van der Waals surface area (Å²) in [6.07, 6.45) is 4.08. The monoisotopic (exact) mass is 226 g/mol. The van der Waals surface area contributed by atoms with Gasteiger partial charge in [-0.25, -0.2) is 0 Å². The number of rotatable bonds is 1. The van der Waals surface area contributed by atoms with E-state index in [0.29, 0.717) is 5.41 Å². The Hall–Kier alpha value is -0.120. The van der Waals surface area contributed by atoms with Gasteiger partial charge in [0.15, 0.2) is 0 Å². The van der Waals surface area contributed by atoms with Gasteiger partial charge in [-0.3, -0.25) is 4.90 Å². The first kappa shape index (κ1) is 12.3. The van der Waals surface area contributed by atoms with Crippen molar-refractivity contribution in [2.24, 2.45) is 5.41 Å². The number of ether oxygens (including phenoxy) is 1. The van der Waals surface area contributed by atoms with E-state index in [2.05, 4.69) is 10.2 Å². The lowest BCUT2D eigenvalue weighted by atomic mass is 9.76. The van der Waals surface area contributed by atoms with Gasteiger partial charge in [0.2, 0.25) is 0 Å². The first-order chi connectivity index (χ1) is 7.88. The highest BCUT2D eigenvalue weighted by molar-refractivity contribution is 4.93. The molecule has 1 atom stereocenters. The molecule has 3 heteroatoms. The number of piperidine rings is 1. The molecule has 0 bridgehead atoms. The molecule has 3 heterocycles. The van der Waals surface area contributed by atoms with Crippen LogP contribution in [0, 0.1) is 5.41 Å². The average Bonchev–Trinajstić information content (AvgIpc) is 2.83. The van der Waals surface area contributed by atoms with Gasteiger partial charge in [0.1, 0.15) is 0 Å². The zero-order valence-electron chi connectivity index (χ0n) is 10.8. The highest BCUT2D eigenvalue weighted by atomic mass is 16.5. The van der Waals surface area contributed by atoms with Crippen LogP contribution < -0.4 is 5.32 Å². The Kier molecular flexibility index (Phi) is 4.22. The first-order valence-electron chi connectivity index (χ1n) is 6.91. The molecule has 0 aromatic carbocycles. The van der Waals surface area contributed by atoms with Gasteiger partial charge < -0.3 is 10.1 Å². The minimum atomic E-state index is 0.600. The van der Waals surface area contributed by atoms with Crippen molar-refractivity contribution in [3.8, 4) is 0 Å². The van der Waals surface area contributed by atoms with Crippen LogP contribution in [0.4, 0.5) is 0 Å². The first-order valence-corrected chi connectivity index (χ1v) is 6.91. The minimum absolute atomic E-state index is 0.600. The van der Waals surface area contributed by atoms with Crippen LogP contribution >= 0.6 is 0 Å². The molecule has 0 amide bonds. The SMILES string of the molecule is C1CC(N2CCC3(CC2)COC3)CN1.CC. The molecule has 3 saturated heterocycles. The van der Waals surface area contributed by atoms with Crippen molar-refractivity contribution >= 4 is 0 Å². The summed E-state index contributed by atoms with van der Waals surface area (Å²) in [5.41, 5.74) is 0.600. The van der Waals surface area contributed by atoms with E-state index in [1.165, 1.54) is 45.4 Å². The molecule has 3 fully saturated rings. The van der Waals surface area contributed by atoms with Crippen molar-refractivity contribution in [3.63, 3.8) is 0 Å². The van der Waals surface area contributed by atoms with Gasteiger partial charge in [-0.2, -0.15) is 0 Å². The van der Waals surface area contributed by atoms with E-state index in [-0.39, 0.29) is 0 Å². The van der Waals surface area contributed by atoms with Crippen LogP contribution in [0.25, 0.3) is 0 Å². The van der Waals surface area contributed by atoms with Crippen LogP contribution in [0.15, 0.2) is 0 Å². The molecule has 94 valence electrons. The van der Waals surface area contributed by atoms with E-state index in [1.807, 2.05) is 13.8 Å². The van der Waals surface area contributed by atoms with Crippen LogP contribution in [0.1, 0.15) is 33.1 Å². The number of hydrogen-bond donors (Lipinski definition) is 1. The predicted octanol–water partition coefficient (Wildman–Crippen LogP) is 1.49. The second kappa shape index (κ2) is 5.48. The summed E-state index contributed by atoms with van der Waals surface area (Å²) in [7, 11) is 0. The molecule has 1 unspecified atom stereocenters. The summed E-state index contributed by atoms with van der Waals surface area (Å²) in [4.78, 5) is 2.68. The Morgan fingerprint density at radius 3 is 2.31 bits per heavy atom. The topological polar surface area (TPSA) is 24.5 Å². The van der Waals surface area contributed by atoms with Crippen LogP contribution in [0.2, 0.25) is 0 Å². The van der Waals surface area contributed by atoms with Crippen LogP contribution in [-0.2, 0) is 4.74 Å². The van der Waals surface area contributed by atoms with E-state index in [0.717, 1.165) is 19.3 Å². The normalized spacial score (nSPS) is 33.0. The van der Waals surface area contributed by atoms with Gasteiger partial charge in [-0.15, -0.1) is 0 Å². The van der Waals surface area contributed by atoms with Gasteiger partial charge in [-0.05, 0) is 38.9 Å². The Bertz CT molecular complexity index is 200. The highest BCUT2D eigenvalue weighted by Gasteiger charge is 2.42. The van der Waals surface area contributed by atoms with Gasteiger partial charge >= 0.3 is 0 Å². The van der Waals surface area contributed by atoms with Crippen molar-refractivity contribution in [2.75, 3.05) is 39.4 Å². The molecule has 0 aromatic heterocycles. The molecule has 16 heavy (non-hydrogen) atoms. The molecular weight excluding hydrogens is 200 g/mol. The fourth-order valence-corrected chi connectivity index (χ4v) is 2.99. The molecule has 3 aliphatic rings. The average molecular weight is 226 g/mol. The quantitative estimate of drug-likeness (QED) is 0.733. The third-order valence-corrected chi connectivity index (χ3v) is 4.23. The molecule has 3 aliphatic heterocycles. The third kappa shape index (κ3) is 2.41. The maximum Gasteiger partial charge on any atom is 0.0545 e. The Morgan fingerprint density at radius 2 is 1.88 bits per heavy atom. The molecule has 1 N–H and O–H groups in total. The maximum absolute atomic E-state index is 5.35. The number of nitrogens with zero attached hydrogens (tertiary/aromatic N) is 1. The Labute approximate surface area is 99.5 Å². The Morgan fingerprint density at radius 1 is 1.19 bits per heavy atom. The standard InChI is InChI=1S/C11H20N2O.C2H6/c1-4-12-7-10(1)13-5-2-11(3-6-13)8-14-9-11;1-2/h10,12H,1-9H2;1-2H3. The van der Waals surface area contributed by atoms with Crippen molar-refractivity contribution in [2.45, 2.75) is 39.2 Å². The highest BCUT2D eigenvalue weighted by Crippen LogP contribution is 2.38. The van der Waals surface area contributed by atoms with Gasteiger partial charge in [0.25, 0.3) is 0 Å². The minimum Gasteiger partial charge on any atom is -0.380 e. The summed E-state index contributed by atoms with van der Waals surface area (Å²) in [5.74, 6) is 0. The summed E-state index contributed by atoms with van der Waals surface area (Å²) in [5, 5.41) is 3.45. The summed E-state index contributed by atoms with van der Waals surface area (Å²) >= 11 is 0. The lowest BCUT2D eigenvalue weighted by Crippen LogP contribution is -2.53. The largest absolute Gasteiger partial charge is 0.380 e. The molecule has 0 aliphatic carbocycles. The van der Waals surface area contributed by atoms with Crippen molar-refractivity contribution in [1.29, 1.82) is 0 Å². The number of nitrogens with one attached hydrogen (secondary N) is 1. The van der Waals surface area contributed by atoms with Gasteiger partial charge in [0, 0.05) is 18.0 Å².